The lowest BCUT2D eigenvalue weighted by Gasteiger charge is -2.47. The molecular formula is C19H22ClNO2. The molecule has 4 rings (SSSR count). The van der Waals surface area contributed by atoms with E-state index in [9.17, 15) is 4.79 Å². The molecule has 1 aromatic carbocycles. The van der Waals surface area contributed by atoms with Crippen molar-refractivity contribution in [2.24, 2.45) is 11.8 Å². The van der Waals surface area contributed by atoms with Crippen molar-refractivity contribution in [1.82, 2.24) is 4.98 Å². The largest absolute Gasteiger partial charge is 0.466 e. The molecule has 0 bridgehead atoms. The van der Waals surface area contributed by atoms with Gasteiger partial charge in [-0.05, 0) is 62.1 Å². The van der Waals surface area contributed by atoms with E-state index in [1.165, 1.54) is 28.6 Å². The second-order valence-electron chi connectivity index (χ2n) is 6.94. The highest BCUT2D eigenvalue weighted by atomic mass is 35.5. The van der Waals surface area contributed by atoms with E-state index in [1.54, 1.807) is 0 Å². The molecule has 1 aromatic heterocycles. The number of hydrogen-bond donors (Lipinski definition) is 1. The number of rotatable bonds is 3. The zero-order chi connectivity index (χ0) is 16.1. The summed E-state index contributed by atoms with van der Waals surface area (Å²) in [7, 11) is 0. The fraction of sp³-hybridized carbons (Fsp3) is 0.526. The first kappa shape index (κ1) is 15.1. The Morgan fingerprint density at radius 2 is 2.26 bits per heavy atom. The van der Waals surface area contributed by atoms with E-state index in [2.05, 4.69) is 18.0 Å². The zero-order valence-corrected chi connectivity index (χ0v) is 14.4. The van der Waals surface area contributed by atoms with Gasteiger partial charge >= 0.3 is 5.97 Å². The van der Waals surface area contributed by atoms with Crippen LogP contribution >= 0.6 is 11.6 Å². The maximum Gasteiger partial charge on any atom is 0.306 e. The van der Waals surface area contributed by atoms with Gasteiger partial charge in [0, 0.05) is 28.4 Å². The van der Waals surface area contributed by atoms with Crippen LogP contribution < -0.4 is 0 Å². The number of aromatic amines is 1. The summed E-state index contributed by atoms with van der Waals surface area (Å²) in [6.45, 7) is 4.40. The van der Waals surface area contributed by atoms with Crippen molar-refractivity contribution in [3.63, 3.8) is 0 Å². The maximum atomic E-state index is 11.9. The standard InChI is InChI=1S/C19H22ClNO2/c1-3-23-16(22)9-12-8-11-4-5-14-13-6-7-15(20)10(2)18(13)21-19(14)17(11)12/h6-7,11-12,17,21H,3-5,8-9H2,1-2H3. The SMILES string of the molecule is CCOC(=O)CC1CC2CCc3c([nH]c4c(C)c(Cl)ccc34)C21. The molecule has 0 saturated heterocycles. The van der Waals surface area contributed by atoms with E-state index in [4.69, 9.17) is 16.3 Å². The van der Waals surface area contributed by atoms with Crippen LogP contribution in [0.15, 0.2) is 12.1 Å². The number of aryl methyl sites for hydroxylation is 2. The highest BCUT2D eigenvalue weighted by Crippen LogP contribution is 2.55. The molecule has 2 aliphatic rings. The van der Waals surface area contributed by atoms with Crippen molar-refractivity contribution >= 4 is 28.5 Å². The van der Waals surface area contributed by atoms with Crippen LogP contribution in [0, 0.1) is 18.8 Å². The van der Waals surface area contributed by atoms with Gasteiger partial charge in [0.25, 0.3) is 0 Å². The predicted molar refractivity (Wildman–Crippen MR) is 92.0 cm³/mol. The molecule has 0 spiro atoms. The summed E-state index contributed by atoms with van der Waals surface area (Å²) in [6.07, 6.45) is 4.05. The van der Waals surface area contributed by atoms with Gasteiger partial charge in [-0.2, -0.15) is 0 Å². The Morgan fingerprint density at radius 3 is 3.04 bits per heavy atom. The summed E-state index contributed by atoms with van der Waals surface area (Å²) in [5.74, 6) is 1.56. The maximum absolute atomic E-state index is 11.9. The second kappa shape index (κ2) is 5.55. The van der Waals surface area contributed by atoms with Crippen LogP contribution in [0.2, 0.25) is 5.02 Å². The van der Waals surface area contributed by atoms with Gasteiger partial charge in [-0.3, -0.25) is 4.79 Å². The van der Waals surface area contributed by atoms with Crippen molar-refractivity contribution in [3.8, 4) is 0 Å². The average molecular weight is 332 g/mol. The number of H-pyrrole nitrogens is 1. The van der Waals surface area contributed by atoms with Crippen LogP contribution in [0.4, 0.5) is 0 Å². The predicted octanol–water partition coefficient (Wildman–Crippen LogP) is 4.75. The lowest BCUT2D eigenvalue weighted by Crippen LogP contribution is -2.39. The number of esters is 1. The Hall–Kier alpha value is -1.48. The lowest BCUT2D eigenvalue weighted by atomic mass is 9.57. The summed E-state index contributed by atoms with van der Waals surface area (Å²) in [5.41, 5.74) is 5.08. The molecule has 1 saturated carbocycles. The molecule has 3 unspecified atom stereocenters. The van der Waals surface area contributed by atoms with Gasteiger partial charge in [0.05, 0.1) is 12.1 Å². The molecule has 1 fully saturated rings. The topological polar surface area (TPSA) is 42.1 Å². The highest BCUT2D eigenvalue weighted by molar-refractivity contribution is 6.32. The zero-order valence-electron chi connectivity index (χ0n) is 13.6. The lowest BCUT2D eigenvalue weighted by molar-refractivity contribution is -0.145. The molecule has 1 N–H and O–H groups in total. The van der Waals surface area contributed by atoms with Crippen LogP contribution in [0.1, 0.15) is 48.9 Å². The first-order chi connectivity index (χ1) is 11.1. The summed E-state index contributed by atoms with van der Waals surface area (Å²) in [6, 6.07) is 4.13. The number of carbonyl (C=O) groups is 1. The van der Waals surface area contributed by atoms with Crippen LogP contribution in [-0.2, 0) is 16.0 Å². The highest BCUT2D eigenvalue weighted by Gasteiger charge is 2.46. The number of hydrogen-bond acceptors (Lipinski definition) is 2. The third-order valence-corrected chi connectivity index (χ3v) is 6.17. The van der Waals surface area contributed by atoms with Gasteiger partial charge in [0.15, 0.2) is 0 Å². The summed E-state index contributed by atoms with van der Waals surface area (Å²) in [4.78, 5) is 15.5. The molecule has 3 nitrogen and oxygen atoms in total. The molecule has 23 heavy (non-hydrogen) atoms. The average Bonchev–Trinajstić information content (AvgIpc) is 2.86. The Kier molecular flexibility index (Phi) is 3.64. The monoisotopic (exact) mass is 331 g/mol. The molecule has 0 amide bonds. The first-order valence-corrected chi connectivity index (χ1v) is 8.93. The van der Waals surface area contributed by atoms with E-state index < -0.39 is 0 Å². The summed E-state index contributed by atoms with van der Waals surface area (Å²) < 4.78 is 5.14. The van der Waals surface area contributed by atoms with Crippen molar-refractivity contribution in [1.29, 1.82) is 0 Å². The van der Waals surface area contributed by atoms with Crippen LogP contribution in [0.3, 0.4) is 0 Å². The number of nitrogens with one attached hydrogen (secondary N) is 1. The third-order valence-electron chi connectivity index (χ3n) is 5.76. The van der Waals surface area contributed by atoms with Gasteiger partial charge in [-0.25, -0.2) is 0 Å². The fourth-order valence-electron chi connectivity index (χ4n) is 4.62. The smallest absolute Gasteiger partial charge is 0.306 e. The normalized spacial score (nSPS) is 25.6. The number of ether oxygens (including phenoxy) is 1. The molecule has 122 valence electrons. The quantitative estimate of drug-likeness (QED) is 0.825. The molecule has 3 atom stereocenters. The Bertz CT molecular complexity index is 779. The van der Waals surface area contributed by atoms with Crippen molar-refractivity contribution in [2.75, 3.05) is 6.61 Å². The molecular weight excluding hydrogens is 310 g/mol. The molecule has 0 aliphatic heterocycles. The minimum atomic E-state index is -0.0570. The van der Waals surface area contributed by atoms with Gasteiger partial charge in [-0.1, -0.05) is 17.7 Å². The Morgan fingerprint density at radius 1 is 1.43 bits per heavy atom. The van der Waals surface area contributed by atoms with Gasteiger partial charge in [0.1, 0.15) is 0 Å². The Balaban J connectivity index is 1.70. The van der Waals surface area contributed by atoms with Crippen LogP contribution in [0.25, 0.3) is 10.9 Å². The van der Waals surface area contributed by atoms with Crippen molar-refractivity contribution < 1.29 is 9.53 Å². The third kappa shape index (κ3) is 2.28. The van der Waals surface area contributed by atoms with Crippen LogP contribution in [-0.4, -0.2) is 17.6 Å². The van der Waals surface area contributed by atoms with E-state index in [0.717, 1.165) is 23.4 Å². The number of carbonyl (C=O) groups excluding carboxylic acids is 1. The first-order valence-electron chi connectivity index (χ1n) is 8.55. The van der Waals surface area contributed by atoms with Gasteiger partial charge in [-0.15, -0.1) is 0 Å². The second-order valence-corrected chi connectivity index (χ2v) is 7.35. The van der Waals surface area contributed by atoms with E-state index in [0.29, 0.717) is 30.8 Å². The van der Waals surface area contributed by atoms with E-state index in [-0.39, 0.29) is 5.97 Å². The van der Waals surface area contributed by atoms with Crippen LogP contribution in [0.5, 0.6) is 0 Å². The minimum absolute atomic E-state index is 0.0570. The minimum Gasteiger partial charge on any atom is -0.466 e. The van der Waals surface area contributed by atoms with E-state index in [1.807, 2.05) is 13.0 Å². The van der Waals surface area contributed by atoms with Gasteiger partial charge in [0.2, 0.25) is 0 Å². The molecule has 4 heteroatoms. The molecule has 1 heterocycles. The summed E-state index contributed by atoms with van der Waals surface area (Å²) in [5, 5.41) is 2.12. The number of halogens is 1. The fourth-order valence-corrected chi connectivity index (χ4v) is 4.78. The Labute approximate surface area is 141 Å². The molecule has 2 aromatic rings. The molecule has 0 radical (unpaired) electrons. The van der Waals surface area contributed by atoms with Crippen molar-refractivity contribution in [2.45, 2.75) is 45.4 Å². The molecule has 2 aliphatic carbocycles. The van der Waals surface area contributed by atoms with Gasteiger partial charge < -0.3 is 9.72 Å². The number of benzene rings is 1. The van der Waals surface area contributed by atoms with E-state index >= 15 is 0 Å². The van der Waals surface area contributed by atoms with Crippen molar-refractivity contribution in [3.05, 3.63) is 34.0 Å². The number of aromatic nitrogens is 1. The number of fused-ring (bicyclic) bond motifs is 5. The summed E-state index contributed by atoms with van der Waals surface area (Å²) >= 11 is 6.28.